The molecule has 1 unspecified atom stereocenters. The van der Waals surface area contributed by atoms with Crippen LogP contribution in [0.4, 0.5) is 5.95 Å². The first-order valence-electron chi connectivity index (χ1n) is 6.96. The van der Waals surface area contributed by atoms with Gasteiger partial charge in [-0.15, -0.1) is 0 Å². The Morgan fingerprint density at radius 3 is 2.33 bits per heavy atom. The number of thioether (sulfide) groups is 1. The van der Waals surface area contributed by atoms with E-state index in [1.807, 2.05) is 11.8 Å². The van der Waals surface area contributed by atoms with Crippen LogP contribution in [0.5, 0.6) is 0 Å². The molecule has 0 radical (unpaired) electrons. The molecule has 0 amide bonds. The van der Waals surface area contributed by atoms with Gasteiger partial charge in [-0.1, -0.05) is 19.3 Å². The first kappa shape index (κ1) is 12.2. The number of hydrogen-bond donors (Lipinski definition) is 1. The van der Waals surface area contributed by atoms with Gasteiger partial charge >= 0.3 is 0 Å². The molecule has 0 spiro atoms. The van der Waals surface area contributed by atoms with Gasteiger partial charge in [0.1, 0.15) is 11.6 Å². The zero-order valence-electron chi connectivity index (χ0n) is 10.6. The highest BCUT2D eigenvalue weighted by atomic mass is 32.2. The molecule has 98 valence electrons. The van der Waals surface area contributed by atoms with E-state index in [0.717, 1.165) is 11.6 Å². The molecule has 3 rings (SSSR count). The number of rotatable bonds is 2. The molecule has 1 aromatic heterocycles. The van der Waals surface area contributed by atoms with E-state index in [4.69, 9.17) is 10.7 Å². The molecular weight excluding hydrogens is 244 g/mol. The summed E-state index contributed by atoms with van der Waals surface area (Å²) in [7, 11) is 0. The SMILES string of the molecule is Nc1nc(C2CCCC2)nc(C2CCCCS2)n1. The molecule has 2 fully saturated rings. The minimum atomic E-state index is 0.410. The Labute approximate surface area is 112 Å². The Hall–Kier alpha value is -0.840. The summed E-state index contributed by atoms with van der Waals surface area (Å²) in [4.78, 5) is 13.4. The molecule has 1 atom stereocenters. The van der Waals surface area contributed by atoms with E-state index in [-0.39, 0.29) is 0 Å². The summed E-state index contributed by atoms with van der Waals surface area (Å²) in [5.74, 6) is 4.01. The fourth-order valence-corrected chi connectivity index (χ4v) is 4.13. The average Bonchev–Trinajstić information content (AvgIpc) is 2.93. The Morgan fingerprint density at radius 2 is 1.61 bits per heavy atom. The van der Waals surface area contributed by atoms with Crippen molar-refractivity contribution in [1.82, 2.24) is 15.0 Å². The molecule has 1 saturated carbocycles. The lowest BCUT2D eigenvalue weighted by Crippen LogP contribution is -2.13. The van der Waals surface area contributed by atoms with Gasteiger partial charge in [-0.25, -0.2) is 4.98 Å². The second-order valence-electron chi connectivity index (χ2n) is 5.25. The maximum atomic E-state index is 5.86. The number of nitrogen functional groups attached to an aromatic ring is 1. The normalized spacial score (nSPS) is 25.4. The van der Waals surface area contributed by atoms with Crippen molar-refractivity contribution in [3.8, 4) is 0 Å². The molecule has 2 N–H and O–H groups in total. The highest BCUT2D eigenvalue weighted by Gasteiger charge is 2.24. The number of aromatic nitrogens is 3. The van der Waals surface area contributed by atoms with Gasteiger partial charge in [-0.2, -0.15) is 21.7 Å². The first-order valence-corrected chi connectivity index (χ1v) is 8.01. The van der Waals surface area contributed by atoms with Crippen LogP contribution in [-0.4, -0.2) is 20.7 Å². The highest BCUT2D eigenvalue weighted by Crippen LogP contribution is 2.38. The summed E-state index contributed by atoms with van der Waals surface area (Å²) < 4.78 is 0. The van der Waals surface area contributed by atoms with Crippen molar-refractivity contribution in [3.05, 3.63) is 11.6 Å². The third kappa shape index (κ3) is 2.60. The number of nitrogens with zero attached hydrogens (tertiary/aromatic N) is 3. The maximum absolute atomic E-state index is 5.86. The molecule has 5 heteroatoms. The van der Waals surface area contributed by atoms with Crippen LogP contribution in [0.15, 0.2) is 0 Å². The van der Waals surface area contributed by atoms with E-state index in [0.29, 0.717) is 17.1 Å². The summed E-state index contributed by atoms with van der Waals surface area (Å²) in [6.07, 6.45) is 8.78. The van der Waals surface area contributed by atoms with E-state index in [2.05, 4.69) is 9.97 Å². The topological polar surface area (TPSA) is 64.7 Å². The summed E-state index contributed by atoms with van der Waals surface area (Å²) in [6.45, 7) is 0. The van der Waals surface area contributed by atoms with Gasteiger partial charge in [0.25, 0.3) is 0 Å². The molecule has 0 aromatic carbocycles. The molecule has 0 bridgehead atoms. The lowest BCUT2D eigenvalue weighted by Gasteiger charge is -2.20. The number of hydrogen-bond acceptors (Lipinski definition) is 5. The van der Waals surface area contributed by atoms with Crippen LogP contribution in [0.1, 0.15) is 67.8 Å². The second-order valence-corrected chi connectivity index (χ2v) is 6.56. The first-order chi connectivity index (χ1) is 8.83. The Kier molecular flexibility index (Phi) is 3.68. The zero-order chi connectivity index (χ0) is 12.4. The van der Waals surface area contributed by atoms with Crippen LogP contribution < -0.4 is 5.73 Å². The monoisotopic (exact) mass is 264 g/mol. The lowest BCUT2D eigenvalue weighted by atomic mass is 10.1. The van der Waals surface area contributed by atoms with Crippen LogP contribution in [0.3, 0.4) is 0 Å². The third-order valence-corrected chi connectivity index (χ3v) is 5.25. The standard InChI is InChI=1S/C13H20N4S/c14-13-16-11(9-5-1-2-6-9)15-12(17-13)10-7-3-4-8-18-10/h9-10H,1-8H2,(H2,14,15,16,17). The second kappa shape index (κ2) is 5.43. The predicted octanol–water partition coefficient (Wildman–Crippen LogP) is 3.07. The van der Waals surface area contributed by atoms with Gasteiger partial charge in [0.05, 0.1) is 5.25 Å². The minimum Gasteiger partial charge on any atom is -0.368 e. The molecule has 2 aliphatic rings. The smallest absolute Gasteiger partial charge is 0.223 e. The Bertz CT molecular complexity index is 411. The van der Waals surface area contributed by atoms with Crippen molar-refractivity contribution in [2.45, 2.75) is 56.1 Å². The molecule has 2 heterocycles. The van der Waals surface area contributed by atoms with Crippen molar-refractivity contribution in [1.29, 1.82) is 0 Å². The van der Waals surface area contributed by atoms with Gasteiger partial charge in [-0.05, 0) is 31.4 Å². The van der Waals surface area contributed by atoms with Crippen molar-refractivity contribution in [3.63, 3.8) is 0 Å². The third-order valence-electron chi connectivity index (χ3n) is 3.88. The molecule has 1 aliphatic heterocycles. The molecule has 18 heavy (non-hydrogen) atoms. The van der Waals surface area contributed by atoms with Crippen LogP contribution >= 0.6 is 11.8 Å². The summed E-state index contributed by atoms with van der Waals surface area (Å²) in [5.41, 5.74) is 5.86. The predicted molar refractivity (Wildman–Crippen MR) is 74.5 cm³/mol. The molecule has 1 aliphatic carbocycles. The summed E-state index contributed by atoms with van der Waals surface area (Å²) in [6, 6.07) is 0. The van der Waals surface area contributed by atoms with Gasteiger partial charge in [0.15, 0.2) is 0 Å². The highest BCUT2D eigenvalue weighted by molar-refractivity contribution is 7.99. The maximum Gasteiger partial charge on any atom is 0.223 e. The van der Waals surface area contributed by atoms with Crippen LogP contribution in [0, 0.1) is 0 Å². The Balaban J connectivity index is 1.84. The molecule has 1 saturated heterocycles. The largest absolute Gasteiger partial charge is 0.368 e. The summed E-state index contributed by atoms with van der Waals surface area (Å²) >= 11 is 1.97. The van der Waals surface area contributed by atoms with Crippen molar-refractivity contribution in [2.75, 3.05) is 11.5 Å². The molecular formula is C13H20N4S. The number of nitrogens with two attached hydrogens (primary N) is 1. The zero-order valence-corrected chi connectivity index (χ0v) is 11.5. The van der Waals surface area contributed by atoms with E-state index in [9.17, 15) is 0 Å². The van der Waals surface area contributed by atoms with Crippen molar-refractivity contribution >= 4 is 17.7 Å². The Morgan fingerprint density at radius 1 is 0.889 bits per heavy atom. The average molecular weight is 264 g/mol. The molecule has 1 aromatic rings. The van der Waals surface area contributed by atoms with E-state index in [1.165, 1.54) is 50.7 Å². The fourth-order valence-electron chi connectivity index (χ4n) is 2.88. The van der Waals surface area contributed by atoms with E-state index >= 15 is 0 Å². The van der Waals surface area contributed by atoms with Gasteiger partial charge in [0, 0.05) is 5.92 Å². The van der Waals surface area contributed by atoms with E-state index < -0.39 is 0 Å². The molecule has 4 nitrogen and oxygen atoms in total. The van der Waals surface area contributed by atoms with Crippen molar-refractivity contribution < 1.29 is 0 Å². The van der Waals surface area contributed by atoms with Gasteiger partial charge in [-0.3, -0.25) is 0 Å². The minimum absolute atomic E-state index is 0.410. The van der Waals surface area contributed by atoms with Crippen LogP contribution in [0.2, 0.25) is 0 Å². The van der Waals surface area contributed by atoms with Gasteiger partial charge < -0.3 is 5.73 Å². The summed E-state index contributed by atoms with van der Waals surface area (Å²) in [5, 5.41) is 0.434. The van der Waals surface area contributed by atoms with E-state index in [1.54, 1.807) is 0 Å². The fraction of sp³-hybridized carbons (Fsp3) is 0.769. The van der Waals surface area contributed by atoms with Crippen LogP contribution in [-0.2, 0) is 0 Å². The quantitative estimate of drug-likeness (QED) is 0.889. The van der Waals surface area contributed by atoms with Gasteiger partial charge in [0.2, 0.25) is 5.95 Å². The van der Waals surface area contributed by atoms with Crippen molar-refractivity contribution in [2.24, 2.45) is 0 Å². The number of anilines is 1. The van der Waals surface area contributed by atoms with Crippen LogP contribution in [0.25, 0.3) is 0 Å². The lowest BCUT2D eigenvalue weighted by molar-refractivity contribution is 0.623.